The van der Waals surface area contributed by atoms with E-state index < -0.39 is 6.04 Å². The van der Waals surface area contributed by atoms with E-state index in [1.54, 1.807) is 11.8 Å². The number of nitrogens with one attached hydrogen (secondary N) is 1. The largest absolute Gasteiger partial charge is 0.325 e. The summed E-state index contributed by atoms with van der Waals surface area (Å²) in [6, 6.07) is 17.2. The Bertz CT molecular complexity index is 716. The number of carbonyl (C=O) groups is 2. The number of amides is 3. The normalized spacial score (nSPS) is 17.2. The molecule has 3 rings (SSSR count). The van der Waals surface area contributed by atoms with E-state index in [2.05, 4.69) is 36.5 Å². The number of hydrogen-bond acceptors (Lipinski definition) is 3. The van der Waals surface area contributed by atoms with Crippen LogP contribution >= 0.6 is 11.8 Å². The molecule has 2 aromatic carbocycles. The molecule has 1 aliphatic rings. The minimum absolute atomic E-state index is 0.131. The Balaban J connectivity index is 1.53. The van der Waals surface area contributed by atoms with Gasteiger partial charge in [-0.15, -0.1) is 11.8 Å². The van der Waals surface area contributed by atoms with Crippen molar-refractivity contribution in [1.29, 1.82) is 0 Å². The number of imide groups is 1. The van der Waals surface area contributed by atoms with Crippen LogP contribution in [0.4, 0.5) is 4.79 Å². The number of aryl methyl sites for hydroxylation is 1. The van der Waals surface area contributed by atoms with E-state index in [9.17, 15) is 9.59 Å². The highest BCUT2D eigenvalue weighted by Crippen LogP contribution is 2.19. The smallest absolute Gasteiger partial charge is 0.324 e. The Morgan fingerprint density at radius 1 is 1.04 bits per heavy atom. The van der Waals surface area contributed by atoms with Gasteiger partial charge in [0.2, 0.25) is 0 Å². The van der Waals surface area contributed by atoms with E-state index in [0.717, 1.165) is 10.5 Å². The summed E-state index contributed by atoms with van der Waals surface area (Å²) in [5.41, 5.74) is 2.27. The van der Waals surface area contributed by atoms with Crippen molar-refractivity contribution >= 4 is 23.7 Å². The molecule has 124 valence electrons. The molecule has 1 heterocycles. The first-order chi connectivity index (χ1) is 11.6. The van der Waals surface area contributed by atoms with E-state index in [-0.39, 0.29) is 11.9 Å². The standard InChI is InChI=1S/C19H20N2O2S/c1-14-7-9-16(10-8-14)24-12-11-21-18(22)17(20-19(21)23)13-15-5-3-2-4-6-15/h2-10,17H,11-13H2,1H3,(H,20,23). The maximum absolute atomic E-state index is 12.4. The molecule has 0 aromatic heterocycles. The zero-order valence-corrected chi connectivity index (χ0v) is 14.4. The zero-order valence-electron chi connectivity index (χ0n) is 13.6. The lowest BCUT2D eigenvalue weighted by Crippen LogP contribution is -2.34. The lowest BCUT2D eigenvalue weighted by Gasteiger charge is -2.13. The summed E-state index contributed by atoms with van der Waals surface area (Å²) in [7, 11) is 0. The van der Waals surface area contributed by atoms with Crippen LogP contribution in [-0.4, -0.2) is 35.2 Å². The fourth-order valence-corrected chi connectivity index (χ4v) is 3.50. The van der Waals surface area contributed by atoms with Crippen LogP contribution in [0.2, 0.25) is 0 Å². The molecule has 5 heteroatoms. The average Bonchev–Trinajstić information content (AvgIpc) is 2.85. The zero-order chi connectivity index (χ0) is 16.9. The van der Waals surface area contributed by atoms with Gasteiger partial charge in [0.15, 0.2) is 0 Å². The van der Waals surface area contributed by atoms with E-state index in [1.807, 2.05) is 30.3 Å². The topological polar surface area (TPSA) is 49.4 Å². The molecule has 0 spiro atoms. The van der Waals surface area contributed by atoms with Crippen LogP contribution in [0.1, 0.15) is 11.1 Å². The van der Waals surface area contributed by atoms with Crippen LogP contribution in [0.25, 0.3) is 0 Å². The predicted molar refractivity (Wildman–Crippen MR) is 96.1 cm³/mol. The van der Waals surface area contributed by atoms with Gasteiger partial charge in [0.05, 0.1) is 0 Å². The van der Waals surface area contributed by atoms with Crippen molar-refractivity contribution in [2.45, 2.75) is 24.3 Å². The summed E-state index contributed by atoms with van der Waals surface area (Å²) >= 11 is 1.65. The van der Waals surface area contributed by atoms with Gasteiger partial charge in [-0.3, -0.25) is 9.69 Å². The van der Waals surface area contributed by atoms with Crippen LogP contribution in [0.3, 0.4) is 0 Å². The van der Waals surface area contributed by atoms with Crippen LogP contribution in [-0.2, 0) is 11.2 Å². The van der Waals surface area contributed by atoms with E-state index >= 15 is 0 Å². The first-order valence-corrected chi connectivity index (χ1v) is 8.97. The summed E-state index contributed by atoms with van der Waals surface area (Å²) < 4.78 is 0. The van der Waals surface area contributed by atoms with Gasteiger partial charge in [-0.1, -0.05) is 48.0 Å². The van der Waals surface area contributed by atoms with Crippen molar-refractivity contribution in [3.05, 3.63) is 65.7 Å². The molecule has 2 aromatic rings. The molecule has 1 fully saturated rings. The fourth-order valence-electron chi connectivity index (χ4n) is 2.67. The number of benzene rings is 2. The number of hydrogen-bond donors (Lipinski definition) is 1. The highest BCUT2D eigenvalue weighted by atomic mass is 32.2. The Morgan fingerprint density at radius 3 is 2.46 bits per heavy atom. The van der Waals surface area contributed by atoms with Crippen LogP contribution in [0.5, 0.6) is 0 Å². The van der Waals surface area contributed by atoms with Gasteiger partial charge >= 0.3 is 6.03 Å². The molecule has 0 radical (unpaired) electrons. The lowest BCUT2D eigenvalue weighted by atomic mass is 10.1. The van der Waals surface area contributed by atoms with Crippen molar-refractivity contribution in [3.63, 3.8) is 0 Å². The maximum Gasteiger partial charge on any atom is 0.324 e. The Labute approximate surface area is 146 Å². The second-order valence-electron chi connectivity index (χ2n) is 5.84. The monoisotopic (exact) mass is 340 g/mol. The molecule has 1 aliphatic heterocycles. The number of carbonyl (C=O) groups excluding carboxylic acids is 2. The Morgan fingerprint density at radius 2 is 1.75 bits per heavy atom. The van der Waals surface area contributed by atoms with Gasteiger partial charge in [-0.2, -0.15) is 0 Å². The molecule has 24 heavy (non-hydrogen) atoms. The molecule has 1 saturated heterocycles. The third-order valence-electron chi connectivity index (χ3n) is 3.99. The Kier molecular flexibility index (Phi) is 5.20. The van der Waals surface area contributed by atoms with E-state index in [0.29, 0.717) is 18.7 Å². The molecule has 4 nitrogen and oxygen atoms in total. The fraction of sp³-hybridized carbons (Fsp3) is 0.263. The summed E-state index contributed by atoms with van der Waals surface area (Å²) in [5, 5.41) is 2.79. The van der Waals surface area contributed by atoms with Gasteiger partial charge < -0.3 is 5.32 Å². The van der Waals surface area contributed by atoms with Crippen molar-refractivity contribution in [1.82, 2.24) is 10.2 Å². The molecular weight excluding hydrogens is 320 g/mol. The maximum atomic E-state index is 12.4. The summed E-state index contributed by atoms with van der Waals surface area (Å²) in [6.07, 6.45) is 0.535. The third kappa shape index (κ3) is 3.97. The van der Waals surface area contributed by atoms with Crippen molar-refractivity contribution in [2.24, 2.45) is 0 Å². The first-order valence-electron chi connectivity index (χ1n) is 7.99. The minimum Gasteiger partial charge on any atom is -0.325 e. The molecule has 1 unspecified atom stereocenters. The molecule has 1 atom stereocenters. The van der Waals surface area contributed by atoms with E-state index in [4.69, 9.17) is 0 Å². The third-order valence-corrected chi connectivity index (χ3v) is 4.99. The van der Waals surface area contributed by atoms with Gasteiger partial charge in [-0.05, 0) is 24.6 Å². The highest BCUT2D eigenvalue weighted by Gasteiger charge is 2.37. The quantitative estimate of drug-likeness (QED) is 0.649. The SMILES string of the molecule is Cc1ccc(SCCN2C(=O)NC(Cc3ccccc3)C2=O)cc1. The molecular formula is C19H20N2O2S. The second-order valence-corrected chi connectivity index (χ2v) is 7.01. The molecule has 3 amide bonds. The second kappa shape index (κ2) is 7.53. The lowest BCUT2D eigenvalue weighted by molar-refractivity contribution is -0.127. The average molecular weight is 340 g/mol. The van der Waals surface area contributed by atoms with Gasteiger partial charge in [-0.25, -0.2) is 4.79 Å². The number of urea groups is 1. The van der Waals surface area contributed by atoms with E-state index in [1.165, 1.54) is 10.5 Å². The first kappa shape index (κ1) is 16.6. The number of nitrogens with zero attached hydrogens (tertiary/aromatic N) is 1. The summed E-state index contributed by atoms with van der Waals surface area (Å²) in [4.78, 5) is 27.0. The van der Waals surface area contributed by atoms with Gasteiger partial charge in [0.1, 0.15) is 6.04 Å². The van der Waals surface area contributed by atoms with Crippen LogP contribution in [0, 0.1) is 6.92 Å². The summed E-state index contributed by atoms with van der Waals surface area (Å²) in [6.45, 7) is 2.48. The minimum atomic E-state index is -0.454. The Hall–Kier alpha value is -2.27. The summed E-state index contributed by atoms with van der Waals surface area (Å²) in [5.74, 6) is 0.564. The van der Waals surface area contributed by atoms with Crippen LogP contribution < -0.4 is 5.32 Å². The molecule has 0 aliphatic carbocycles. The van der Waals surface area contributed by atoms with Crippen molar-refractivity contribution in [2.75, 3.05) is 12.3 Å². The van der Waals surface area contributed by atoms with Crippen molar-refractivity contribution < 1.29 is 9.59 Å². The van der Waals surface area contributed by atoms with Crippen molar-refractivity contribution in [3.8, 4) is 0 Å². The van der Waals surface area contributed by atoms with Crippen LogP contribution in [0.15, 0.2) is 59.5 Å². The predicted octanol–water partition coefficient (Wildman–Crippen LogP) is 3.25. The number of rotatable bonds is 6. The highest BCUT2D eigenvalue weighted by molar-refractivity contribution is 7.99. The van der Waals surface area contributed by atoms with Gasteiger partial charge in [0.25, 0.3) is 5.91 Å². The molecule has 0 bridgehead atoms. The number of thioether (sulfide) groups is 1. The molecule has 0 saturated carbocycles. The molecule has 1 N–H and O–H groups in total. The van der Waals surface area contributed by atoms with Gasteiger partial charge in [0, 0.05) is 23.6 Å².